The summed E-state index contributed by atoms with van der Waals surface area (Å²) >= 11 is 0. The van der Waals surface area contributed by atoms with Crippen LogP contribution in [0.5, 0.6) is 0 Å². The third-order valence-electron chi connectivity index (χ3n) is 5.65. The molecule has 4 rings (SSSR count). The van der Waals surface area contributed by atoms with E-state index in [0.29, 0.717) is 25.1 Å². The van der Waals surface area contributed by atoms with E-state index in [1.165, 1.54) is 4.57 Å². The number of aromatic nitrogens is 4. The number of hydrogen-bond donors (Lipinski definition) is 5. The maximum atomic E-state index is 12.4. The zero-order chi connectivity index (χ0) is 20.9. The molecule has 0 radical (unpaired) electrons. The lowest BCUT2D eigenvalue weighted by Gasteiger charge is -2.38. The minimum absolute atomic E-state index is 0.0678. The maximum Gasteiger partial charge on any atom is 0.280 e. The molecule has 4 atom stereocenters. The van der Waals surface area contributed by atoms with Gasteiger partial charge < -0.3 is 30.7 Å². The maximum absolute atomic E-state index is 12.4. The van der Waals surface area contributed by atoms with Crippen molar-refractivity contribution in [3.63, 3.8) is 0 Å². The molecule has 0 spiro atoms. The average Bonchev–Trinajstić information content (AvgIpc) is 3.20. The summed E-state index contributed by atoms with van der Waals surface area (Å²) in [7, 11) is 0. The van der Waals surface area contributed by atoms with Crippen molar-refractivity contribution in [3.05, 3.63) is 10.4 Å². The summed E-state index contributed by atoms with van der Waals surface area (Å²) in [6.45, 7) is 6.74. The molecule has 12 heteroatoms. The molecule has 12 nitrogen and oxygen atoms in total. The molecule has 2 aromatic heterocycles. The Morgan fingerprint density at radius 1 is 1.21 bits per heavy atom. The van der Waals surface area contributed by atoms with Gasteiger partial charge in [-0.15, -0.1) is 0 Å². The van der Waals surface area contributed by atoms with Gasteiger partial charge >= 0.3 is 0 Å². The lowest BCUT2D eigenvalue weighted by molar-refractivity contribution is -0.0505. The van der Waals surface area contributed by atoms with Crippen LogP contribution in [0.15, 0.2) is 4.79 Å². The van der Waals surface area contributed by atoms with Gasteiger partial charge in [0.2, 0.25) is 11.9 Å². The first-order valence-electron chi connectivity index (χ1n) is 9.71. The van der Waals surface area contributed by atoms with Gasteiger partial charge in [-0.2, -0.15) is 4.98 Å². The number of piperazine rings is 1. The molecule has 2 saturated heterocycles. The molecule has 2 aliphatic heterocycles. The standard InChI is InChI=1S/C17H27N7O5/c1-8(2)22-3-5-23(6-4-22)17-19-10-13(20-16(18)21-14(10)28)24(17)15-12(27)11(26)9(7-25)29-15/h8-9,11-12,15,25-27H,3-7H2,1-2H3,(H3,18,20,21,28)/t9-,11-,12+,15-/m1/s1. The number of imidazole rings is 1. The molecule has 4 heterocycles. The van der Waals surface area contributed by atoms with Crippen molar-refractivity contribution >= 4 is 23.1 Å². The summed E-state index contributed by atoms with van der Waals surface area (Å²) in [5, 5.41) is 30.2. The van der Waals surface area contributed by atoms with E-state index in [4.69, 9.17) is 10.5 Å². The van der Waals surface area contributed by atoms with E-state index in [-0.39, 0.29) is 17.1 Å². The summed E-state index contributed by atoms with van der Waals surface area (Å²) in [6.07, 6.45) is -4.65. The second-order valence-corrected chi connectivity index (χ2v) is 7.75. The van der Waals surface area contributed by atoms with E-state index in [9.17, 15) is 20.1 Å². The zero-order valence-corrected chi connectivity index (χ0v) is 16.4. The normalized spacial score (nSPS) is 28.7. The SMILES string of the molecule is CC(C)N1CCN(c2nc3c(=O)[nH]c(N)nc3n2[C@@H]2O[C@H](CO)[C@@H](O)[C@@H]2O)CC1. The summed E-state index contributed by atoms with van der Waals surface area (Å²) in [5.74, 6) is 0.313. The van der Waals surface area contributed by atoms with Crippen LogP contribution in [0.4, 0.5) is 11.9 Å². The number of aromatic amines is 1. The van der Waals surface area contributed by atoms with Gasteiger partial charge in [0.1, 0.15) is 18.3 Å². The lowest BCUT2D eigenvalue weighted by atomic mass is 10.1. The molecule has 2 fully saturated rings. The lowest BCUT2D eigenvalue weighted by Crippen LogP contribution is -2.49. The molecule has 2 aliphatic rings. The average molecular weight is 409 g/mol. The topological polar surface area (TPSA) is 166 Å². The van der Waals surface area contributed by atoms with Crippen molar-refractivity contribution in [2.24, 2.45) is 0 Å². The van der Waals surface area contributed by atoms with Gasteiger partial charge in [0.05, 0.1) is 6.61 Å². The van der Waals surface area contributed by atoms with Gasteiger partial charge in [-0.3, -0.25) is 19.2 Å². The highest BCUT2D eigenvalue weighted by molar-refractivity contribution is 5.75. The number of hydrogen-bond acceptors (Lipinski definition) is 10. The Morgan fingerprint density at radius 3 is 2.48 bits per heavy atom. The van der Waals surface area contributed by atoms with E-state index in [1.807, 2.05) is 4.90 Å². The van der Waals surface area contributed by atoms with Crippen LogP contribution in [0.3, 0.4) is 0 Å². The van der Waals surface area contributed by atoms with E-state index in [1.54, 1.807) is 0 Å². The Kier molecular flexibility index (Phi) is 5.21. The van der Waals surface area contributed by atoms with Gasteiger partial charge in [0.15, 0.2) is 17.4 Å². The number of anilines is 2. The summed E-state index contributed by atoms with van der Waals surface area (Å²) < 4.78 is 7.20. The van der Waals surface area contributed by atoms with Gasteiger partial charge in [-0.25, -0.2) is 4.98 Å². The largest absolute Gasteiger partial charge is 0.394 e. The molecule has 2 aromatic rings. The number of nitrogens with one attached hydrogen (secondary N) is 1. The number of ether oxygens (including phenoxy) is 1. The molecular formula is C17H27N7O5. The van der Waals surface area contributed by atoms with Crippen LogP contribution in [-0.4, -0.2) is 96.9 Å². The van der Waals surface area contributed by atoms with Crippen molar-refractivity contribution in [2.45, 2.75) is 44.4 Å². The highest BCUT2D eigenvalue weighted by Crippen LogP contribution is 2.35. The van der Waals surface area contributed by atoms with E-state index in [2.05, 4.69) is 33.7 Å². The highest BCUT2D eigenvalue weighted by Gasteiger charge is 2.45. The van der Waals surface area contributed by atoms with Gasteiger partial charge in [0, 0.05) is 32.2 Å². The number of nitrogens with two attached hydrogens (primary N) is 1. The third kappa shape index (κ3) is 3.36. The summed E-state index contributed by atoms with van der Waals surface area (Å²) in [4.78, 5) is 27.8. The number of rotatable bonds is 4. The quantitative estimate of drug-likeness (QED) is 0.375. The van der Waals surface area contributed by atoms with Gasteiger partial charge in [-0.05, 0) is 13.8 Å². The molecule has 6 N–H and O–H groups in total. The van der Waals surface area contributed by atoms with Gasteiger partial charge in [-0.1, -0.05) is 0 Å². The first kappa shape index (κ1) is 20.0. The monoisotopic (exact) mass is 409 g/mol. The molecule has 0 bridgehead atoms. The molecule has 0 aliphatic carbocycles. The predicted octanol–water partition coefficient (Wildman–Crippen LogP) is -2.16. The fraction of sp³-hybridized carbons (Fsp3) is 0.706. The number of fused-ring (bicyclic) bond motifs is 1. The second-order valence-electron chi connectivity index (χ2n) is 7.75. The first-order chi connectivity index (χ1) is 13.8. The van der Waals surface area contributed by atoms with Crippen LogP contribution in [0.1, 0.15) is 20.1 Å². The fourth-order valence-corrected chi connectivity index (χ4v) is 3.98. The molecule has 0 unspecified atom stereocenters. The van der Waals surface area contributed by atoms with E-state index in [0.717, 1.165) is 13.1 Å². The van der Waals surface area contributed by atoms with Crippen molar-refractivity contribution < 1.29 is 20.1 Å². The number of aliphatic hydroxyl groups excluding tert-OH is 3. The Balaban J connectivity index is 1.79. The number of H-pyrrole nitrogens is 1. The minimum Gasteiger partial charge on any atom is -0.394 e. The Hall–Kier alpha value is -2.25. The Labute approximate surface area is 166 Å². The number of aliphatic hydroxyl groups is 3. The Morgan fingerprint density at radius 2 is 1.90 bits per heavy atom. The van der Waals surface area contributed by atoms with Crippen molar-refractivity contribution in [2.75, 3.05) is 43.4 Å². The van der Waals surface area contributed by atoms with Crippen molar-refractivity contribution in [1.29, 1.82) is 0 Å². The molecule has 29 heavy (non-hydrogen) atoms. The van der Waals surface area contributed by atoms with Crippen molar-refractivity contribution in [3.8, 4) is 0 Å². The van der Waals surface area contributed by atoms with Gasteiger partial charge in [0.25, 0.3) is 5.56 Å². The third-order valence-corrected chi connectivity index (χ3v) is 5.65. The van der Waals surface area contributed by atoms with Crippen molar-refractivity contribution in [1.82, 2.24) is 24.4 Å². The highest BCUT2D eigenvalue weighted by atomic mass is 16.6. The predicted molar refractivity (Wildman–Crippen MR) is 104 cm³/mol. The first-order valence-corrected chi connectivity index (χ1v) is 9.71. The Bertz CT molecular complexity index is 936. The number of nitrogen functional groups attached to an aromatic ring is 1. The van der Waals surface area contributed by atoms with Crippen LogP contribution in [0.2, 0.25) is 0 Å². The molecule has 0 aromatic carbocycles. The summed E-state index contributed by atoms with van der Waals surface area (Å²) in [6, 6.07) is 0.417. The smallest absolute Gasteiger partial charge is 0.280 e. The molecule has 0 amide bonds. The second kappa shape index (κ2) is 7.54. The van der Waals surface area contributed by atoms with Crippen LogP contribution in [-0.2, 0) is 4.74 Å². The molecular weight excluding hydrogens is 382 g/mol. The summed E-state index contributed by atoms with van der Waals surface area (Å²) in [5.41, 5.74) is 5.45. The van der Waals surface area contributed by atoms with Crippen LogP contribution < -0.4 is 16.2 Å². The molecule has 160 valence electrons. The van der Waals surface area contributed by atoms with E-state index >= 15 is 0 Å². The number of nitrogens with zero attached hydrogens (tertiary/aromatic N) is 5. The van der Waals surface area contributed by atoms with E-state index < -0.39 is 36.7 Å². The minimum atomic E-state index is -1.33. The fourth-order valence-electron chi connectivity index (χ4n) is 3.98. The zero-order valence-electron chi connectivity index (χ0n) is 16.4. The van der Waals surface area contributed by atoms with Crippen LogP contribution in [0, 0.1) is 0 Å². The molecule has 0 saturated carbocycles. The van der Waals surface area contributed by atoms with Crippen LogP contribution >= 0.6 is 0 Å². The van der Waals surface area contributed by atoms with Crippen LogP contribution in [0.25, 0.3) is 11.2 Å².